The van der Waals surface area contributed by atoms with E-state index in [4.69, 9.17) is 21.1 Å². The van der Waals surface area contributed by atoms with Crippen LogP contribution in [0.3, 0.4) is 0 Å². The summed E-state index contributed by atoms with van der Waals surface area (Å²) in [6.45, 7) is 2.50. The van der Waals surface area contributed by atoms with Crippen LogP contribution in [-0.4, -0.2) is 19.5 Å². The first-order valence-corrected chi connectivity index (χ1v) is 11.9. The van der Waals surface area contributed by atoms with Gasteiger partial charge in [0.25, 0.3) is 0 Å². The second-order valence-corrected chi connectivity index (χ2v) is 8.94. The molecule has 0 radical (unpaired) electrons. The van der Waals surface area contributed by atoms with Gasteiger partial charge < -0.3 is 20.1 Å². The molecule has 0 aromatic heterocycles. The van der Waals surface area contributed by atoms with Crippen LogP contribution >= 0.6 is 11.6 Å². The zero-order chi connectivity index (χ0) is 23.7. The predicted molar refractivity (Wildman–Crippen MR) is 136 cm³/mol. The van der Waals surface area contributed by atoms with Crippen molar-refractivity contribution in [2.75, 3.05) is 24.4 Å². The van der Waals surface area contributed by atoms with E-state index in [0.717, 1.165) is 28.2 Å². The zero-order valence-electron chi connectivity index (χ0n) is 19.2. The molecule has 0 saturated carbocycles. The van der Waals surface area contributed by atoms with E-state index in [-0.39, 0.29) is 23.7 Å². The number of benzene rings is 3. The third-order valence-electron chi connectivity index (χ3n) is 6.49. The van der Waals surface area contributed by atoms with Gasteiger partial charge in [0.05, 0.1) is 37.1 Å². The number of halogens is 1. The number of para-hydroxylation sites is 2. The molecule has 5 nitrogen and oxygen atoms in total. The number of carbonyl (C=O) groups is 1. The number of ketones is 1. The molecule has 3 unspecified atom stereocenters. The lowest BCUT2D eigenvalue weighted by Crippen LogP contribution is -2.34. The van der Waals surface area contributed by atoms with E-state index in [1.54, 1.807) is 7.11 Å². The van der Waals surface area contributed by atoms with E-state index in [0.29, 0.717) is 29.5 Å². The Hall–Kier alpha value is -3.44. The Bertz CT molecular complexity index is 1260. The van der Waals surface area contributed by atoms with Gasteiger partial charge >= 0.3 is 0 Å². The number of methoxy groups -OCH3 is 1. The van der Waals surface area contributed by atoms with E-state index in [2.05, 4.69) is 16.7 Å². The van der Waals surface area contributed by atoms with E-state index in [9.17, 15) is 4.79 Å². The van der Waals surface area contributed by atoms with Crippen molar-refractivity contribution in [1.82, 2.24) is 0 Å². The summed E-state index contributed by atoms with van der Waals surface area (Å²) in [5.41, 5.74) is 4.69. The van der Waals surface area contributed by atoms with Crippen LogP contribution in [0, 0.1) is 5.92 Å². The van der Waals surface area contributed by atoms with Gasteiger partial charge in [-0.1, -0.05) is 54.1 Å². The third-order valence-corrected chi connectivity index (χ3v) is 6.83. The van der Waals surface area contributed by atoms with Crippen molar-refractivity contribution >= 4 is 28.8 Å². The number of hydrogen-bond donors (Lipinski definition) is 2. The lowest BCUT2D eigenvalue weighted by molar-refractivity contribution is -0.122. The fraction of sp³-hybridized carbons (Fsp3) is 0.250. The summed E-state index contributed by atoms with van der Waals surface area (Å²) in [6.07, 6.45) is 2.57. The third kappa shape index (κ3) is 4.12. The highest BCUT2D eigenvalue weighted by molar-refractivity contribution is 6.31. The maximum atomic E-state index is 13.7. The van der Waals surface area contributed by atoms with Crippen molar-refractivity contribution in [3.05, 3.63) is 94.7 Å². The van der Waals surface area contributed by atoms with E-state index >= 15 is 0 Å². The Morgan fingerprint density at radius 1 is 1.00 bits per heavy atom. The molecule has 1 aliphatic heterocycles. The first kappa shape index (κ1) is 22.4. The molecule has 3 atom stereocenters. The van der Waals surface area contributed by atoms with Gasteiger partial charge in [0.2, 0.25) is 0 Å². The summed E-state index contributed by atoms with van der Waals surface area (Å²) in [7, 11) is 1.63. The van der Waals surface area contributed by atoms with Crippen molar-refractivity contribution in [3.63, 3.8) is 0 Å². The van der Waals surface area contributed by atoms with Crippen LogP contribution in [0.2, 0.25) is 5.02 Å². The van der Waals surface area contributed by atoms with Gasteiger partial charge in [0, 0.05) is 23.1 Å². The molecule has 174 valence electrons. The summed E-state index contributed by atoms with van der Waals surface area (Å²) in [5.74, 6) is 1.07. The maximum Gasteiger partial charge on any atom is 0.161 e. The van der Waals surface area contributed by atoms with Crippen LogP contribution in [0.1, 0.15) is 36.4 Å². The summed E-state index contributed by atoms with van der Waals surface area (Å²) < 4.78 is 11.2. The van der Waals surface area contributed by atoms with Crippen LogP contribution in [0.25, 0.3) is 0 Å². The lowest BCUT2D eigenvalue weighted by atomic mass is 9.76. The molecular formula is C28H27ClN2O3. The van der Waals surface area contributed by atoms with Gasteiger partial charge in [-0.3, -0.25) is 4.79 Å². The highest BCUT2D eigenvalue weighted by Gasteiger charge is 2.40. The highest BCUT2D eigenvalue weighted by Crippen LogP contribution is 2.46. The molecule has 2 N–H and O–H groups in total. The first-order valence-electron chi connectivity index (χ1n) is 11.5. The standard InChI is InChI=1S/C28H27ClN2O3/c1-3-34-25-13-12-17(16-26(25)33-2)18-14-23-27(24(32)15-18)28(19-8-4-5-9-20(19)29)31-22-11-7-6-10-21(22)30-23/h4-14,16,18,27-28,30-31H,3,15H2,1-2H3. The first-order chi connectivity index (χ1) is 16.6. The Balaban J connectivity index is 1.59. The van der Waals surface area contributed by atoms with E-state index < -0.39 is 0 Å². The second-order valence-electron chi connectivity index (χ2n) is 8.53. The van der Waals surface area contributed by atoms with Crippen molar-refractivity contribution in [1.29, 1.82) is 0 Å². The average molecular weight is 475 g/mol. The number of Topliss-reactive ketones (excluding diaryl/α,β-unsaturated/α-hetero) is 1. The number of hydrogen-bond acceptors (Lipinski definition) is 5. The molecule has 34 heavy (non-hydrogen) atoms. The van der Waals surface area contributed by atoms with Crippen molar-refractivity contribution in [2.24, 2.45) is 5.92 Å². The predicted octanol–water partition coefficient (Wildman–Crippen LogP) is 6.58. The van der Waals surface area contributed by atoms with Gasteiger partial charge in [0.15, 0.2) is 11.5 Å². The number of allylic oxidation sites excluding steroid dienone is 1. The number of anilines is 2. The molecule has 6 heteroatoms. The van der Waals surface area contributed by atoms with Gasteiger partial charge in [0.1, 0.15) is 5.78 Å². The van der Waals surface area contributed by atoms with Crippen molar-refractivity contribution < 1.29 is 14.3 Å². The fourth-order valence-electron chi connectivity index (χ4n) is 4.89. The van der Waals surface area contributed by atoms with Crippen molar-refractivity contribution in [2.45, 2.75) is 25.3 Å². The summed E-state index contributed by atoms with van der Waals surface area (Å²) in [5, 5.41) is 7.79. The SMILES string of the molecule is CCOc1ccc(C2C=C3Nc4ccccc4NC(c4ccccc4Cl)C3C(=O)C2)cc1OC. The van der Waals surface area contributed by atoms with Crippen LogP contribution < -0.4 is 20.1 Å². The molecule has 1 aliphatic carbocycles. The minimum atomic E-state index is -0.381. The lowest BCUT2D eigenvalue weighted by Gasteiger charge is -2.33. The molecule has 2 aliphatic rings. The topological polar surface area (TPSA) is 59.6 Å². The second kappa shape index (κ2) is 9.43. The normalized spacial score (nSPS) is 21.2. The number of carbonyl (C=O) groups excluding carboxylic acids is 1. The molecule has 0 spiro atoms. The number of fused-ring (bicyclic) bond motifs is 2. The maximum absolute atomic E-state index is 13.7. The molecule has 0 bridgehead atoms. The molecule has 3 aromatic rings. The smallest absolute Gasteiger partial charge is 0.161 e. The molecule has 1 heterocycles. The monoisotopic (exact) mass is 474 g/mol. The molecular weight excluding hydrogens is 448 g/mol. The fourth-order valence-corrected chi connectivity index (χ4v) is 5.15. The van der Waals surface area contributed by atoms with Gasteiger partial charge in [-0.05, 0) is 48.4 Å². The summed E-state index contributed by atoms with van der Waals surface area (Å²) in [6, 6.07) is 21.3. The Morgan fingerprint density at radius 3 is 2.53 bits per heavy atom. The number of nitrogens with one attached hydrogen (secondary N) is 2. The number of ether oxygens (including phenoxy) is 2. The molecule has 0 amide bonds. The van der Waals surface area contributed by atoms with Crippen LogP contribution in [0.15, 0.2) is 78.5 Å². The largest absolute Gasteiger partial charge is 0.493 e. The molecule has 0 fully saturated rings. The Kier molecular flexibility index (Phi) is 6.20. The van der Waals surface area contributed by atoms with Gasteiger partial charge in [-0.2, -0.15) is 0 Å². The zero-order valence-corrected chi connectivity index (χ0v) is 19.9. The van der Waals surface area contributed by atoms with E-state index in [1.807, 2.05) is 73.7 Å². The minimum absolute atomic E-state index is 0.0759. The Labute approximate surface area is 204 Å². The quantitative estimate of drug-likeness (QED) is 0.437. The summed E-state index contributed by atoms with van der Waals surface area (Å²) >= 11 is 6.60. The Morgan fingerprint density at radius 2 is 1.76 bits per heavy atom. The van der Waals surface area contributed by atoms with Crippen LogP contribution in [0.5, 0.6) is 11.5 Å². The van der Waals surface area contributed by atoms with Crippen LogP contribution in [-0.2, 0) is 4.79 Å². The molecule has 5 rings (SSSR count). The minimum Gasteiger partial charge on any atom is -0.493 e. The number of rotatable bonds is 5. The average Bonchev–Trinajstić information content (AvgIpc) is 3.01. The summed E-state index contributed by atoms with van der Waals surface area (Å²) in [4.78, 5) is 13.7. The molecule has 0 saturated heterocycles. The van der Waals surface area contributed by atoms with Crippen LogP contribution in [0.4, 0.5) is 11.4 Å². The van der Waals surface area contributed by atoms with E-state index in [1.165, 1.54) is 0 Å². The van der Waals surface area contributed by atoms with Gasteiger partial charge in [-0.15, -0.1) is 0 Å². The van der Waals surface area contributed by atoms with Crippen molar-refractivity contribution in [3.8, 4) is 11.5 Å². The molecule has 3 aromatic carbocycles. The van der Waals surface area contributed by atoms with Gasteiger partial charge in [-0.25, -0.2) is 0 Å². The highest BCUT2D eigenvalue weighted by atomic mass is 35.5.